The molecule has 1 saturated heterocycles. The molecule has 4 heteroatoms. The van der Waals surface area contributed by atoms with Crippen LogP contribution in [0, 0.1) is 11.3 Å². The van der Waals surface area contributed by atoms with Gasteiger partial charge < -0.3 is 4.74 Å². The number of esters is 1. The van der Waals surface area contributed by atoms with Gasteiger partial charge in [0.05, 0.1) is 6.61 Å². The van der Waals surface area contributed by atoms with E-state index in [-0.39, 0.29) is 5.78 Å². The summed E-state index contributed by atoms with van der Waals surface area (Å²) in [6.45, 7) is 7.72. The number of carbonyl (C=O) groups is 2. The summed E-state index contributed by atoms with van der Waals surface area (Å²) < 4.78 is 5.06. The number of rotatable bonds is 4. The number of benzene rings is 1. The van der Waals surface area contributed by atoms with E-state index in [1.54, 1.807) is 6.92 Å². The van der Waals surface area contributed by atoms with Gasteiger partial charge in [0.25, 0.3) is 0 Å². The van der Waals surface area contributed by atoms with Crippen LogP contribution in [0.15, 0.2) is 30.3 Å². The predicted octanol–water partition coefficient (Wildman–Crippen LogP) is 2.28. The first kappa shape index (κ1) is 15.7. The Balaban J connectivity index is 2.13. The first-order valence-electron chi connectivity index (χ1n) is 7.41. The minimum absolute atomic E-state index is 0.00902. The van der Waals surface area contributed by atoms with Crippen molar-refractivity contribution < 1.29 is 14.3 Å². The molecule has 0 radical (unpaired) electrons. The van der Waals surface area contributed by atoms with Gasteiger partial charge in [-0.05, 0) is 12.5 Å². The number of hydrogen-bond acceptors (Lipinski definition) is 4. The zero-order valence-electron chi connectivity index (χ0n) is 13.0. The van der Waals surface area contributed by atoms with Gasteiger partial charge in [0.2, 0.25) is 0 Å². The third-order valence-corrected chi connectivity index (χ3v) is 3.86. The third kappa shape index (κ3) is 3.70. The van der Waals surface area contributed by atoms with Crippen LogP contribution < -0.4 is 0 Å². The normalized spacial score (nSPS) is 22.0. The summed E-state index contributed by atoms with van der Waals surface area (Å²) in [5, 5.41) is 0. The van der Waals surface area contributed by atoms with Gasteiger partial charge in [-0.2, -0.15) is 0 Å². The highest BCUT2D eigenvalue weighted by Crippen LogP contribution is 2.30. The highest BCUT2D eigenvalue weighted by atomic mass is 16.5. The second kappa shape index (κ2) is 6.39. The number of likely N-dealkylation sites (tertiary alicyclic amines) is 1. The molecule has 114 valence electrons. The molecule has 0 aromatic heterocycles. The van der Waals surface area contributed by atoms with Gasteiger partial charge in [-0.25, -0.2) is 0 Å². The van der Waals surface area contributed by atoms with Crippen molar-refractivity contribution in [2.24, 2.45) is 11.3 Å². The monoisotopic (exact) mass is 289 g/mol. The molecule has 1 unspecified atom stereocenters. The Morgan fingerprint density at radius 3 is 2.62 bits per heavy atom. The Bertz CT molecular complexity index is 510. The predicted molar refractivity (Wildman–Crippen MR) is 80.6 cm³/mol. The van der Waals surface area contributed by atoms with Crippen molar-refractivity contribution in [2.75, 3.05) is 19.7 Å². The second-order valence-electron chi connectivity index (χ2n) is 6.21. The van der Waals surface area contributed by atoms with Crippen molar-refractivity contribution in [1.29, 1.82) is 0 Å². The fraction of sp³-hybridized carbons (Fsp3) is 0.529. The smallest absolute Gasteiger partial charge is 0.317 e. The molecule has 0 bridgehead atoms. The molecule has 1 fully saturated rings. The number of Topliss-reactive ketones (excluding diaryl/α,β-unsaturated/α-hetero) is 1. The van der Waals surface area contributed by atoms with Crippen LogP contribution in [0.2, 0.25) is 0 Å². The van der Waals surface area contributed by atoms with E-state index in [9.17, 15) is 9.59 Å². The molecular weight excluding hydrogens is 266 g/mol. The topological polar surface area (TPSA) is 46.6 Å². The van der Waals surface area contributed by atoms with Crippen LogP contribution >= 0.6 is 0 Å². The molecule has 21 heavy (non-hydrogen) atoms. The molecule has 1 aromatic carbocycles. The van der Waals surface area contributed by atoms with E-state index in [0.717, 1.165) is 6.54 Å². The van der Waals surface area contributed by atoms with Crippen LogP contribution in [0.3, 0.4) is 0 Å². The Labute approximate surface area is 126 Å². The van der Waals surface area contributed by atoms with Crippen molar-refractivity contribution in [3.05, 3.63) is 35.9 Å². The van der Waals surface area contributed by atoms with Crippen LogP contribution in [-0.2, 0) is 20.9 Å². The lowest BCUT2D eigenvalue weighted by Crippen LogP contribution is -2.53. The van der Waals surface area contributed by atoms with Gasteiger partial charge in [0, 0.05) is 25.0 Å². The maximum absolute atomic E-state index is 12.4. The molecule has 1 atom stereocenters. The van der Waals surface area contributed by atoms with Crippen LogP contribution in [0.5, 0.6) is 0 Å². The fourth-order valence-corrected chi connectivity index (χ4v) is 2.90. The molecule has 1 aliphatic heterocycles. The van der Waals surface area contributed by atoms with Crippen molar-refractivity contribution in [3.63, 3.8) is 0 Å². The van der Waals surface area contributed by atoms with E-state index in [1.807, 2.05) is 32.0 Å². The number of carbonyl (C=O) groups excluding carboxylic acids is 2. The summed E-state index contributed by atoms with van der Waals surface area (Å²) in [6, 6.07) is 10.1. The van der Waals surface area contributed by atoms with Crippen molar-refractivity contribution in [2.45, 2.75) is 27.3 Å². The molecule has 0 N–H and O–H groups in total. The summed E-state index contributed by atoms with van der Waals surface area (Å²) in [5.74, 6) is -1.07. The highest BCUT2D eigenvalue weighted by Gasteiger charge is 2.44. The molecule has 1 heterocycles. The SMILES string of the molecule is CCOC(=O)C1CN(Cc2ccccc2)CC(C)(C)C1=O. The van der Waals surface area contributed by atoms with Gasteiger partial charge in [-0.15, -0.1) is 0 Å². The largest absolute Gasteiger partial charge is 0.465 e. The van der Waals surface area contributed by atoms with E-state index in [2.05, 4.69) is 17.0 Å². The Hall–Kier alpha value is -1.68. The molecule has 1 aromatic rings. The average Bonchev–Trinajstić information content (AvgIpc) is 2.43. The number of piperidine rings is 1. The molecule has 0 amide bonds. The molecule has 0 aliphatic carbocycles. The quantitative estimate of drug-likeness (QED) is 0.630. The summed E-state index contributed by atoms with van der Waals surface area (Å²) in [7, 11) is 0. The summed E-state index contributed by atoms with van der Waals surface area (Å²) in [4.78, 5) is 26.6. The molecule has 0 spiro atoms. The van der Waals surface area contributed by atoms with Crippen LogP contribution in [0.1, 0.15) is 26.3 Å². The van der Waals surface area contributed by atoms with Gasteiger partial charge in [0.1, 0.15) is 5.92 Å². The van der Waals surface area contributed by atoms with Crippen molar-refractivity contribution in [3.8, 4) is 0 Å². The van der Waals surface area contributed by atoms with Crippen molar-refractivity contribution in [1.82, 2.24) is 4.90 Å². The minimum atomic E-state index is -0.669. The summed E-state index contributed by atoms with van der Waals surface area (Å²) in [6.07, 6.45) is 0. The Morgan fingerprint density at radius 1 is 1.33 bits per heavy atom. The maximum Gasteiger partial charge on any atom is 0.317 e. The molecule has 1 aliphatic rings. The van der Waals surface area contributed by atoms with Gasteiger partial charge in [-0.3, -0.25) is 14.5 Å². The standard InChI is InChI=1S/C17H23NO3/c1-4-21-16(20)14-11-18(12-17(2,3)15(14)19)10-13-8-6-5-7-9-13/h5-9,14H,4,10-12H2,1-3H3. The van der Waals surface area contributed by atoms with Crippen molar-refractivity contribution >= 4 is 11.8 Å². The average molecular weight is 289 g/mol. The van der Waals surface area contributed by atoms with Crippen LogP contribution in [0.25, 0.3) is 0 Å². The lowest BCUT2D eigenvalue weighted by molar-refractivity contribution is -0.158. The van der Waals surface area contributed by atoms with Crippen LogP contribution in [0.4, 0.5) is 0 Å². The minimum Gasteiger partial charge on any atom is -0.465 e. The van der Waals surface area contributed by atoms with E-state index in [1.165, 1.54) is 5.56 Å². The van der Waals surface area contributed by atoms with Gasteiger partial charge >= 0.3 is 5.97 Å². The van der Waals surface area contributed by atoms with E-state index in [4.69, 9.17) is 4.74 Å². The third-order valence-electron chi connectivity index (χ3n) is 3.86. The highest BCUT2D eigenvalue weighted by molar-refractivity contribution is 6.02. The van der Waals surface area contributed by atoms with E-state index >= 15 is 0 Å². The zero-order valence-corrected chi connectivity index (χ0v) is 13.0. The molecule has 4 nitrogen and oxygen atoms in total. The zero-order chi connectivity index (χ0) is 15.5. The van der Waals surface area contributed by atoms with Crippen LogP contribution in [-0.4, -0.2) is 36.3 Å². The van der Waals surface area contributed by atoms with E-state index < -0.39 is 17.3 Å². The lowest BCUT2D eigenvalue weighted by Gasteiger charge is -2.40. The Morgan fingerprint density at radius 2 is 2.00 bits per heavy atom. The first-order chi connectivity index (χ1) is 9.94. The fourth-order valence-electron chi connectivity index (χ4n) is 2.90. The number of nitrogens with zero attached hydrogens (tertiary/aromatic N) is 1. The second-order valence-corrected chi connectivity index (χ2v) is 6.21. The van der Waals surface area contributed by atoms with E-state index in [0.29, 0.717) is 19.7 Å². The first-order valence-corrected chi connectivity index (χ1v) is 7.41. The Kier molecular flexibility index (Phi) is 4.78. The number of hydrogen-bond donors (Lipinski definition) is 0. The maximum atomic E-state index is 12.4. The number of ketones is 1. The molecular formula is C17H23NO3. The van der Waals surface area contributed by atoms with Gasteiger partial charge in [0.15, 0.2) is 5.78 Å². The van der Waals surface area contributed by atoms with Gasteiger partial charge in [-0.1, -0.05) is 44.2 Å². The number of ether oxygens (including phenoxy) is 1. The lowest BCUT2D eigenvalue weighted by atomic mass is 9.77. The summed E-state index contributed by atoms with van der Waals surface area (Å²) >= 11 is 0. The summed E-state index contributed by atoms with van der Waals surface area (Å²) in [5.41, 5.74) is 0.662. The molecule has 0 saturated carbocycles. The molecule has 2 rings (SSSR count).